The summed E-state index contributed by atoms with van der Waals surface area (Å²) >= 11 is 1.53. The smallest absolute Gasteiger partial charge is 0.159 e. The van der Waals surface area contributed by atoms with Crippen LogP contribution in [0.25, 0.3) is 0 Å². The van der Waals surface area contributed by atoms with E-state index in [0.29, 0.717) is 6.42 Å². The molecule has 0 aromatic carbocycles. The average molecular weight is 232 g/mol. The summed E-state index contributed by atoms with van der Waals surface area (Å²) in [7, 11) is 0. The molecule has 0 aliphatic carbocycles. The van der Waals surface area contributed by atoms with Gasteiger partial charge in [0.1, 0.15) is 11.5 Å². The maximum Gasteiger partial charge on any atom is 0.159 e. The molecule has 2 heterocycles. The summed E-state index contributed by atoms with van der Waals surface area (Å²) < 4.78 is 5.57. The lowest BCUT2D eigenvalue weighted by Crippen LogP contribution is -2.49. The van der Waals surface area contributed by atoms with E-state index in [2.05, 4.69) is 10.3 Å². The average Bonchev–Trinajstić information content (AvgIpc) is 2.58. The molecule has 0 bridgehead atoms. The van der Waals surface area contributed by atoms with E-state index in [4.69, 9.17) is 9.84 Å². The van der Waals surface area contributed by atoms with Crippen molar-refractivity contribution in [2.45, 2.75) is 37.0 Å². The van der Waals surface area contributed by atoms with Crippen molar-refractivity contribution >= 4 is 16.9 Å². The highest BCUT2D eigenvalue weighted by molar-refractivity contribution is 8.14. The molecular weight excluding hydrogens is 216 g/mol. The molecular formula is C9H16N2O3S. The van der Waals surface area contributed by atoms with Crippen LogP contribution in [0.2, 0.25) is 0 Å². The van der Waals surface area contributed by atoms with Crippen LogP contribution in [0, 0.1) is 0 Å². The second-order valence-electron chi connectivity index (χ2n) is 3.68. The third-order valence-electron chi connectivity index (χ3n) is 2.58. The van der Waals surface area contributed by atoms with E-state index in [0.717, 1.165) is 11.7 Å². The summed E-state index contributed by atoms with van der Waals surface area (Å²) in [6, 6.07) is 0.109. The highest BCUT2D eigenvalue weighted by atomic mass is 32.2. The van der Waals surface area contributed by atoms with Crippen molar-refractivity contribution in [3.8, 4) is 0 Å². The number of rotatable bonds is 2. The highest BCUT2D eigenvalue weighted by Gasteiger charge is 2.42. The van der Waals surface area contributed by atoms with Gasteiger partial charge >= 0.3 is 0 Å². The Morgan fingerprint density at radius 2 is 2.47 bits per heavy atom. The Bertz CT molecular complexity index is 262. The minimum Gasteiger partial charge on any atom is -0.394 e. The molecule has 2 aliphatic rings. The Hall–Kier alpha value is -0.300. The van der Waals surface area contributed by atoms with Crippen molar-refractivity contribution < 1.29 is 14.9 Å². The van der Waals surface area contributed by atoms with Crippen LogP contribution >= 0.6 is 11.8 Å². The van der Waals surface area contributed by atoms with Crippen LogP contribution in [0.3, 0.4) is 0 Å². The second-order valence-corrected chi connectivity index (χ2v) is 4.76. The fourth-order valence-electron chi connectivity index (χ4n) is 1.81. The first-order chi connectivity index (χ1) is 7.24. The van der Waals surface area contributed by atoms with Crippen LogP contribution < -0.4 is 5.32 Å². The number of aliphatic imine (C=N–C) groups is 1. The van der Waals surface area contributed by atoms with Gasteiger partial charge < -0.3 is 20.3 Å². The van der Waals surface area contributed by atoms with Gasteiger partial charge in [-0.15, -0.1) is 0 Å². The molecule has 86 valence electrons. The molecule has 0 radical (unpaired) electrons. The van der Waals surface area contributed by atoms with Crippen molar-refractivity contribution in [3.05, 3.63) is 0 Å². The van der Waals surface area contributed by atoms with E-state index in [1.54, 1.807) is 0 Å². The maximum atomic E-state index is 9.66. The number of fused-ring (bicyclic) bond motifs is 1. The third-order valence-corrected chi connectivity index (χ3v) is 3.72. The molecule has 0 amide bonds. The van der Waals surface area contributed by atoms with E-state index in [1.807, 2.05) is 6.92 Å². The van der Waals surface area contributed by atoms with Crippen LogP contribution in [-0.4, -0.2) is 52.2 Å². The van der Waals surface area contributed by atoms with Gasteiger partial charge in [0.2, 0.25) is 0 Å². The van der Waals surface area contributed by atoms with Crippen molar-refractivity contribution in [3.63, 3.8) is 0 Å². The number of aliphatic hydroxyl groups is 2. The molecule has 4 atom stereocenters. The molecule has 2 saturated heterocycles. The Kier molecular flexibility index (Phi) is 3.50. The first kappa shape index (κ1) is 11.2. The standard InChI is InChI=1S/C9H16N2O3S/c1-2-10-9-11-5-3-6(13)7(4-12)14-8(5)15-9/h5-8,12-13H,2-4H2,1H3,(H,10,11)/t5-,6+,7?,8-/m1/s1. The minimum atomic E-state index is -0.592. The van der Waals surface area contributed by atoms with Gasteiger partial charge in [0.25, 0.3) is 0 Å². The number of thioether (sulfide) groups is 1. The van der Waals surface area contributed by atoms with E-state index in [-0.39, 0.29) is 18.1 Å². The molecule has 0 spiro atoms. The zero-order valence-corrected chi connectivity index (χ0v) is 9.41. The van der Waals surface area contributed by atoms with E-state index >= 15 is 0 Å². The lowest BCUT2D eigenvalue weighted by atomic mass is 10.0. The monoisotopic (exact) mass is 232 g/mol. The van der Waals surface area contributed by atoms with Crippen molar-refractivity contribution in [2.75, 3.05) is 13.2 Å². The number of nitrogens with one attached hydrogen (secondary N) is 1. The number of hydrogen-bond acceptors (Lipinski definition) is 5. The van der Waals surface area contributed by atoms with Gasteiger partial charge in [-0.05, 0) is 13.3 Å². The molecule has 1 unspecified atom stereocenters. The van der Waals surface area contributed by atoms with Crippen molar-refractivity contribution in [1.29, 1.82) is 0 Å². The summed E-state index contributed by atoms with van der Waals surface area (Å²) in [5, 5.41) is 22.8. The molecule has 2 fully saturated rings. The molecule has 0 aromatic heterocycles. The molecule has 0 saturated carbocycles. The molecule has 6 heteroatoms. The SMILES string of the molecule is CCN=C1N[C@@H]2C[C@H](O)C(CO)O[C@@H]2S1. The first-order valence-electron chi connectivity index (χ1n) is 5.16. The van der Waals surface area contributed by atoms with Crippen LogP contribution in [0.1, 0.15) is 13.3 Å². The normalized spacial score (nSPS) is 42.7. The number of aliphatic hydroxyl groups excluding tert-OH is 2. The predicted molar refractivity (Wildman–Crippen MR) is 58.9 cm³/mol. The Labute approximate surface area is 92.9 Å². The summed E-state index contributed by atoms with van der Waals surface area (Å²) in [6.45, 7) is 2.58. The molecule has 2 aliphatic heterocycles. The van der Waals surface area contributed by atoms with Gasteiger partial charge in [-0.25, -0.2) is 0 Å². The third kappa shape index (κ3) is 2.28. The first-order valence-corrected chi connectivity index (χ1v) is 6.04. The van der Waals surface area contributed by atoms with Crippen LogP contribution in [0.4, 0.5) is 0 Å². The number of ether oxygens (including phenoxy) is 1. The second kappa shape index (κ2) is 4.69. The minimum absolute atomic E-state index is 0.0316. The molecule has 15 heavy (non-hydrogen) atoms. The topological polar surface area (TPSA) is 74.1 Å². The summed E-state index contributed by atoms with van der Waals surface area (Å²) in [5.74, 6) is 0. The molecule has 5 nitrogen and oxygen atoms in total. The van der Waals surface area contributed by atoms with E-state index in [9.17, 15) is 5.11 Å². The van der Waals surface area contributed by atoms with Gasteiger partial charge in [-0.1, -0.05) is 11.8 Å². The lowest BCUT2D eigenvalue weighted by molar-refractivity contribution is -0.114. The highest BCUT2D eigenvalue weighted by Crippen LogP contribution is 2.33. The van der Waals surface area contributed by atoms with Crippen LogP contribution in [-0.2, 0) is 4.74 Å². The number of hydrogen-bond donors (Lipinski definition) is 3. The van der Waals surface area contributed by atoms with E-state index < -0.39 is 12.2 Å². The van der Waals surface area contributed by atoms with Crippen molar-refractivity contribution in [1.82, 2.24) is 5.32 Å². The Balaban J connectivity index is 2.00. The number of amidine groups is 1. The zero-order chi connectivity index (χ0) is 10.8. The fraction of sp³-hybridized carbons (Fsp3) is 0.889. The van der Waals surface area contributed by atoms with Crippen molar-refractivity contribution in [2.24, 2.45) is 4.99 Å². The van der Waals surface area contributed by atoms with Gasteiger partial charge in [-0.3, -0.25) is 4.99 Å². The summed E-state index contributed by atoms with van der Waals surface area (Å²) in [6.07, 6.45) is -0.446. The van der Waals surface area contributed by atoms with Gasteiger partial charge in [0, 0.05) is 6.54 Å². The Morgan fingerprint density at radius 3 is 3.13 bits per heavy atom. The quantitative estimate of drug-likeness (QED) is 0.600. The molecule has 2 rings (SSSR count). The lowest BCUT2D eigenvalue weighted by Gasteiger charge is -2.33. The van der Waals surface area contributed by atoms with Gasteiger partial charge in [0.05, 0.1) is 18.8 Å². The Morgan fingerprint density at radius 1 is 1.67 bits per heavy atom. The van der Waals surface area contributed by atoms with Crippen LogP contribution in [0.15, 0.2) is 4.99 Å². The van der Waals surface area contributed by atoms with Gasteiger partial charge in [0.15, 0.2) is 5.17 Å². The largest absolute Gasteiger partial charge is 0.394 e. The summed E-state index contributed by atoms with van der Waals surface area (Å²) in [5.41, 5.74) is -0.0316. The zero-order valence-electron chi connectivity index (χ0n) is 8.59. The van der Waals surface area contributed by atoms with E-state index in [1.165, 1.54) is 11.8 Å². The predicted octanol–water partition coefficient (Wildman–Crippen LogP) is -0.464. The number of nitrogens with zero attached hydrogens (tertiary/aromatic N) is 1. The molecule has 3 N–H and O–H groups in total. The fourth-order valence-corrected chi connectivity index (χ4v) is 3.00. The molecule has 0 aromatic rings. The maximum absolute atomic E-state index is 9.66. The summed E-state index contributed by atoms with van der Waals surface area (Å²) in [4.78, 5) is 4.27. The van der Waals surface area contributed by atoms with Gasteiger partial charge in [-0.2, -0.15) is 0 Å². The van der Waals surface area contributed by atoms with Crippen LogP contribution in [0.5, 0.6) is 0 Å².